The Balaban J connectivity index is 0.000000324. The van der Waals surface area contributed by atoms with Crippen LogP contribution in [0.5, 0.6) is 0 Å². The standard InChI is InChI=1S/C19H16N.ClH3O4/c1-13-11-17-14(2)19-9-5-6-10-20(19)12-18(17)16-8-4-3-7-15(13)16;2-1(3,4)5/h3-12H,1-2H3;2-4H/q+1;. The van der Waals surface area contributed by atoms with Crippen LogP contribution in [0.15, 0.2) is 60.9 Å². The van der Waals surface area contributed by atoms with Crippen molar-refractivity contribution in [3.05, 3.63) is 72.1 Å². The third-order valence-electron chi connectivity index (χ3n) is 4.24. The van der Waals surface area contributed by atoms with Gasteiger partial charge in [0.25, 0.3) is 0 Å². The van der Waals surface area contributed by atoms with Gasteiger partial charge < -0.3 is 0 Å². The van der Waals surface area contributed by atoms with E-state index in [9.17, 15) is 0 Å². The number of halogens is 1. The van der Waals surface area contributed by atoms with Gasteiger partial charge in [-0.05, 0) is 41.6 Å². The molecule has 0 aliphatic rings. The van der Waals surface area contributed by atoms with Gasteiger partial charge in [-0.1, -0.05) is 30.3 Å². The van der Waals surface area contributed by atoms with Gasteiger partial charge in [0.15, 0.2) is 12.4 Å². The molecule has 130 valence electrons. The molecule has 0 saturated carbocycles. The van der Waals surface area contributed by atoms with Crippen LogP contribution < -0.4 is 9.06 Å². The first-order chi connectivity index (χ1) is 11.8. The number of fused-ring (bicyclic) bond motifs is 4. The first-order valence-electron chi connectivity index (χ1n) is 7.63. The summed E-state index contributed by atoms with van der Waals surface area (Å²) in [5.41, 5.74) is 3.96. The van der Waals surface area contributed by atoms with E-state index in [0.717, 1.165) is 0 Å². The number of hydrogen-bond donors (Lipinski definition) is 3. The fraction of sp³-hybridized carbons (Fsp3) is 0.105. The molecule has 25 heavy (non-hydrogen) atoms. The predicted molar refractivity (Wildman–Crippen MR) is 90.7 cm³/mol. The molecule has 0 aliphatic carbocycles. The zero-order valence-electron chi connectivity index (χ0n) is 13.8. The monoisotopic (exact) mass is 360 g/mol. The number of aromatic nitrogens is 1. The molecular formula is C19H19ClNO4+. The van der Waals surface area contributed by atoms with Gasteiger partial charge in [0.1, 0.15) is 0 Å². The van der Waals surface area contributed by atoms with Gasteiger partial charge in [0.2, 0.25) is 5.52 Å². The second-order valence-corrected chi connectivity index (χ2v) is 6.75. The third-order valence-corrected chi connectivity index (χ3v) is 4.24. The van der Waals surface area contributed by atoms with Gasteiger partial charge in [-0.25, -0.2) is 0 Å². The van der Waals surface area contributed by atoms with Crippen LogP contribution in [0.2, 0.25) is 0 Å². The second-order valence-electron chi connectivity index (χ2n) is 5.88. The molecule has 0 spiro atoms. The van der Waals surface area contributed by atoms with Gasteiger partial charge in [0, 0.05) is 17.7 Å². The molecule has 5 nitrogen and oxygen atoms in total. The van der Waals surface area contributed by atoms with Crippen molar-refractivity contribution in [2.45, 2.75) is 13.8 Å². The normalized spacial score (nSPS) is 12.2. The molecule has 0 fully saturated rings. The van der Waals surface area contributed by atoms with Crippen LogP contribution in [-0.2, 0) is 0 Å². The molecule has 6 heteroatoms. The predicted octanol–water partition coefficient (Wildman–Crippen LogP) is 1.49. The number of nitrogens with zero attached hydrogens (tertiary/aromatic N) is 1. The van der Waals surface area contributed by atoms with E-state index < -0.39 is 10.2 Å². The molecular weight excluding hydrogens is 342 g/mol. The van der Waals surface area contributed by atoms with Crippen LogP contribution in [-0.4, -0.2) is 14.0 Å². The Hall–Kier alpha value is -2.28. The van der Waals surface area contributed by atoms with Crippen LogP contribution in [0.25, 0.3) is 27.1 Å². The van der Waals surface area contributed by atoms with Crippen LogP contribution >= 0.6 is 0 Å². The summed E-state index contributed by atoms with van der Waals surface area (Å²) in [6.45, 7) is 4.41. The van der Waals surface area contributed by atoms with E-state index in [1.165, 1.54) is 38.2 Å². The first kappa shape index (κ1) is 17.5. The summed E-state index contributed by atoms with van der Waals surface area (Å²) in [7, 11) is -4.19. The Kier molecular flexibility index (Phi) is 4.60. The fourth-order valence-corrected chi connectivity index (χ4v) is 3.19. The molecule has 2 aromatic carbocycles. The van der Waals surface area contributed by atoms with E-state index >= 15 is 0 Å². The zero-order valence-corrected chi connectivity index (χ0v) is 14.6. The molecule has 3 N–H and O–H groups in total. The first-order valence-corrected chi connectivity index (χ1v) is 8.96. The number of pyridine rings is 2. The summed E-state index contributed by atoms with van der Waals surface area (Å²) in [4.78, 5) is 0. The molecule has 0 unspecified atom stereocenters. The van der Waals surface area contributed by atoms with E-state index in [0.29, 0.717) is 0 Å². The van der Waals surface area contributed by atoms with Crippen molar-refractivity contribution in [2.24, 2.45) is 0 Å². The minimum absolute atomic E-state index is 1.27. The maximum atomic E-state index is 8.83. The molecule has 2 aromatic heterocycles. The third kappa shape index (κ3) is 3.71. The van der Waals surface area contributed by atoms with Gasteiger partial charge >= 0.3 is 28.9 Å². The van der Waals surface area contributed by atoms with Gasteiger partial charge in [-0.3, -0.25) is 0 Å². The Morgan fingerprint density at radius 3 is 2.12 bits per heavy atom. The quantitative estimate of drug-likeness (QED) is 0.252. The Morgan fingerprint density at radius 1 is 0.840 bits per heavy atom. The van der Waals surface area contributed by atoms with Crippen LogP contribution in [0.3, 0.4) is 0 Å². The molecule has 2 heterocycles. The van der Waals surface area contributed by atoms with Crippen molar-refractivity contribution in [1.82, 2.24) is 0 Å². The van der Waals surface area contributed by atoms with E-state index in [-0.39, 0.29) is 0 Å². The SMILES string of the molecule is Cc1cc2c(C)c3cccc[n+]3cc2c2ccccc12.[O-][Cl+](O)(O)O. The Morgan fingerprint density at radius 2 is 1.44 bits per heavy atom. The fourth-order valence-electron chi connectivity index (χ4n) is 3.19. The number of hydrogen-bond acceptors (Lipinski definition) is 4. The van der Waals surface area contributed by atoms with Crippen LogP contribution in [0.4, 0.5) is 0 Å². The summed E-state index contributed by atoms with van der Waals surface area (Å²) >= 11 is 0. The Labute approximate surface area is 146 Å². The summed E-state index contributed by atoms with van der Waals surface area (Å²) < 4.78 is 32.4. The molecule has 0 radical (unpaired) electrons. The molecule has 0 atom stereocenters. The molecule has 0 aliphatic heterocycles. The van der Waals surface area contributed by atoms with E-state index in [2.05, 4.69) is 79.2 Å². The van der Waals surface area contributed by atoms with Crippen LogP contribution in [0, 0.1) is 24.1 Å². The van der Waals surface area contributed by atoms with Crippen molar-refractivity contribution in [3.63, 3.8) is 0 Å². The van der Waals surface area contributed by atoms with Crippen molar-refractivity contribution in [1.29, 1.82) is 0 Å². The molecule has 0 amide bonds. The summed E-state index contributed by atoms with van der Waals surface area (Å²) in [6.07, 6.45) is 4.37. The van der Waals surface area contributed by atoms with E-state index in [4.69, 9.17) is 18.6 Å². The summed E-state index contributed by atoms with van der Waals surface area (Å²) in [5.74, 6) is 0. The molecule has 4 aromatic rings. The van der Waals surface area contributed by atoms with Crippen molar-refractivity contribution >= 4 is 27.1 Å². The van der Waals surface area contributed by atoms with Gasteiger partial charge in [-0.15, -0.1) is 0 Å². The van der Waals surface area contributed by atoms with Gasteiger partial charge in [-0.2, -0.15) is 4.40 Å². The molecule has 0 bridgehead atoms. The molecule has 4 rings (SSSR count). The van der Waals surface area contributed by atoms with E-state index in [1.807, 2.05) is 0 Å². The summed E-state index contributed by atoms with van der Waals surface area (Å²) in [6, 6.07) is 17.3. The number of benzene rings is 2. The number of aryl methyl sites for hydroxylation is 2. The number of rotatable bonds is 0. The average Bonchev–Trinajstić information content (AvgIpc) is 2.55. The molecule has 0 saturated heterocycles. The maximum absolute atomic E-state index is 8.83. The topological polar surface area (TPSA) is 87.9 Å². The minimum atomic E-state index is -4.19. The van der Waals surface area contributed by atoms with Crippen molar-refractivity contribution in [2.75, 3.05) is 0 Å². The second kappa shape index (κ2) is 6.55. The van der Waals surface area contributed by atoms with Crippen LogP contribution in [0.1, 0.15) is 11.1 Å². The zero-order chi connectivity index (χ0) is 18.2. The van der Waals surface area contributed by atoms with E-state index in [1.54, 1.807) is 0 Å². The van der Waals surface area contributed by atoms with Gasteiger partial charge in [0.05, 0.1) is 5.39 Å². The average molecular weight is 361 g/mol. The van der Waals surface area contributed by atoms with Crippen molar-refractivity contribution < 1.29 is 33.3 Å². The summed E-state index contributed by atoms with van der Waals surface area (Å²) in [5, 5.41) is 5.36. The van der Waals surface area contributed by atoms with Crippen molar-refractivity contribution in [3.8, 4) is 0 Å². The Bertz CT molecular complexity index is 1060.